The van der Waals surface area contributed by atoms with Gasteiger partial charge in [-0.1, -0.05) is 36.4 Å². The molecule has 90 valence electrons. The highest BCUT2D eigenvalue weighted by Gasteiger charge is 2.25. The largest absolute Gasteiger partial charge is 0.299 e. The van der Waals surface area contributed by atoms with Crippen molar-refractivity contribution in [1.29, 1.82) is 0 Å². The Morgan fingerprint density at radius 1 is 1.00 bits per heavy atom. The van der Waals surface area contributed by atoms with Crippen LogP contribution >= 0.6 is 0 Å². The third kappa shape index (κ3) is 1.94. The Balaban J connectivity index is 2.07. The maximum atomic E-state index is 13.0. The molecule has 0 bridgehead atoms. The number of rotatable bonds is 1. The van der Waals surface area contributed by atoms with Crippen LogP contribution in [0.15, 0.2) is 48.5 Å². The van der Waals surface area contributed by atoms with Crippen LogP contribution < -0.4 is 0 Å². The highest BCUT2D eigenvalue weighted by atomic mass is 19.1. The van der Waals surface area contributed by atoms with Crippen molar-refractivity contribution in [2.45, 2.75) is 18.8 Å². The highest BCUT2D eigenvalue weighted by molar-refractivity contribution is 5.84. The molecule has 0 aliphatic heterocycles. The zero-order valence-corrected chi connectivity index (χ0v) is 9.90. The lowest BCUT2D eigenvalue weighted by Crippen LogP contribution is -2.19. The van der Waals surface area contributed by atoms with Gasteiger partial charge < -0.3 is 0 Å². The Morgan fingerprint density at radius 3 is 2.50 bits per heavy atom. The summed E-state index contributed by atoms with van der Waals surface area (Å²) in [6.45, 7) is 0. The molecule has 1 atom stereocenters. The van der Waals surface area contributed by atoms with Crippen molar-refractivity contribution >= 4 is 5.78 Å². The fourth-order valence-corrected chi connectivity index (χ4v) is 2.65. The van der Waals surface area contributed by atoms with E-state index in [0.29, 0.717) is 12.8 Å². The van der Waals surface area contributed by atoms with Crippen LogP contribution in [0.25, 0.3) is 0 Å². The van der Waals surface area contributed by atoms with Gasteiger partial charge in [-0.05, 0) is 28.8 Å². The van der Waals surface area contributed by atoms with Gasteiger partial charge in [0.1, 0.15) is 11.6 Å². The van der Waals surface area contributed by atoms with Gasteiger partial charge in [0.05, 0.1) is 0 Å². The fraction of sp³-hybridized carbons (Fsp3) is 0.188. The first-order valence-electron chi connectivity index (χ1n) is 6.09. The lowest BCUT2D eigenvalue weighted by molar-refractivity contribution is -0.119. The molecule has 0 aromatic heterocycles. The first-order valence-corrected chi connectivity index (χ1v) is 6.09. The topological polar surface area (TPSA) is 17.1 Å². The van der Waals surface area contributed by atoms with E-state index >= 15 is 0 Å². The smallest absolute Gasteiger partial charge is 0.138 e. The van der Waals surface area contributed by atoms with Crippen molar-refractivity contribution in [3.63, 3.8) is 0 Å². The molecule has 1 aliphatic rings. The Hall–Kier alpha value is -1.96. The lowest BCUT2D eigenvalue weighted by atomic mass is 9.78. The molecule has 0 spiro atoms. The van der Waals surface area contributed by atoms with Gasteiger partial charge in [0.15, 0.2) is 0 Å². The number of benzene rings is 2. The van der Waals surface area contributed by atoms with Crippen LogP contribution in [0.2, 0.25) is 0 Å². The van der Waals surface area contributed by atoms with Crippen LogP contribution in [0.4, 0.5) is 4.39 Å². The third-order valence-electron chi connectivity index (χ3n) is 3.52. The maximum Gasteiger partial charge on any atom is 0.138 e. The van der Waals surface area contributed by atoms with Crippen LogP contribution in [0.3, 0.4) is 0 Å². The number of carbonyl (C=O) groups excluding carboxylic acids is 1. The molecule has 1 aliphatic carbocycles. The second-order valence-corrected chi connectivity index (χ2v) is 4.72. The quantitative estimate of drug-likeness (QED) is 0.746. The third-order valence-corrected chi connectivity index (χ3v) is 3.52. The predicted molar refractivity (Wildman–Crippen MR) is 68.0 cm³/mol. The number of hydrogen-bond acceptors (Lipinski definition) is 1. The molecular formula is C16H13FO. The van der Waals surface area contributed by atoms with E-state index in [9.17, 15) is 9.18 Å². The molecule has 1 nitrogen and oxygen atoms in total. The summed E-state index contributed by atoms with van der Waals surface area (Å²) in [5, 5.41) is 0. The molecular weight excluding hydrogens is 227 g/mol. The molecule has 18 heavy (non-hydrogen) atoms. The van der Waals surface area contributed by atoms with Crippen molar-refractivity contribution in [3.05, 3.63) is 71.0 Å². The van der Waals surface area contributed by atoms with E-state index in [1.54, 1.807) is 12.1 Å². The normalized spacial score (nSPS) is 18.5. The highest BCUT2D eigenvalue weighted by Crippen LogP contribution is 2.35. The van der Waals surface area contributed by atoms with Gasteiger partial charge >= 0.3 is 0 Å². The van der Waals surface area contributed by atoms with Crippen LogP contribution in [-0.2, 0) is 11.2 Å². The van der Waals surface area contributed by atoms with Crippen LogP contribution in [0.5, 0.6) is 0 Å². The summed E-state index contributed by atoms with van der Waals surface area (Å²) >= 11 is 0. The van der Waals surface area contributed by atoms with Crippen molar-refractivity contribution in [1.82, 2.24) is 0 Å². The minimum Gasteiger partial charge on any atom is -0.299 e. The molecule has 0 heterocycles. The number of ketones is 1. The molecule has 2 heteroatoms. The monoisotopic (exact) mass is 240 g/mol. The van der Waals surface area contributed by atoms with E-state index in [1.165, 1.54) is 17.7 Å². The molecule has 0 amide bonds. The van der Waals surface area contributed by atoms with Crippen LogP contribution in [0, 0.1) is 5.82 Å². The zero-order chi connectivity index (χ0) is 12.5. The van der Waals surface area contributed by atoms with Gasteiger partial charge in [0.25, 0.3) is 0 Å². The number of hydrogen-bond donors (Lipinski definition) is 0. The molecule has 0 unspecified atom stereocenters. The van der Waals surface area contributed by atoms with E-state index in [0.717, 1.165) is 11.1 Å². The maximum absolute atomic E-state index is 13.0. The van der Waals surface area contributed by atoms with Gasteiger partial charge in [0, 0.05) is 18.8 Å². The van der Waals surface area contributed by atoms with Crippen LogP contribution in [-0.4, -0.2) is 5.78 Å². The number of carbonyl (C=O) groups is 1. The lowest BCUT2D eigenvalue weighted by Gasteiger charge is -2.25. The minimum absolute atomic E-state index is 0.0723. The van der Waals surface area contributed by atoms with Crippen molar-refractivity contribution in [3.8, 4) is 0 Å². The van der Waals surface area contributed by atoms with Gasteiger partial charge in [-0.3, -0.25) is 4.79 Å². The molecule has 0 saturated heterocycles. The average Bonchev–Trinajstić information content (AvgIpc) is 2.38. The first-order chi connectivity index (χ1) is 8.74. The van der Waals surface area contributed by atoms with Gasteiger partial charge in [-0.25, -0.2) is 4.39 Å². The predicted octanol–water partition coefficient (Wildman–Crippen LogP) is 3.47. The SMILES string of the molecule is O=C1Cc2ccccc2[C@H](c2ccc(F)cc2)C1. The zero-order valence-electron chi connectivity index (χ0n) is 9.90. The van der Waals surface area contributed by atoms with E-state index in [-0.39, 0.29) is 17.5 Å². The molecule has 0 N–H and O–H groups in total. The van der Waals surface area contributed by atoms with Crippen molar-refractivity contribution < 1.29 is 9.18 Å². The second kappa shape index (κ2) is 4.37. The standard InChI is InChI=1S/C16H13FO/c17-13-7-5-11(6-8-13)16-10-14(18)9-12-3-1-2-4-15(12)16/h1-8,16H,9-10H2/t16-/m0/s1. The summed E-state index contributed by atoms with van der Waals surface area (Å²) in [4.78, 5) is 11.8. The average molecular weight is 240 g/mol. The van der Waals surface area contributed by atoms with E-state index in [1.807, 2.05) is 18.2 Å². The number of halogens is 1. The summed E-state index contributed by atoms with van der Waals surface area (Å²) < 4.78 is 13.0. The van der Waals surface area contributed by atoms with Crippen molar-refractivity contribution in [2.24, 2.45) is 0 Å². The Kier molecular flexibility index (Phi) is 2.71. The summed E-state index contributed by atoms with van der Waals surface area (Å²) in [6.07, 6.45) is 1.04. The fourth-order valence-electron chi connectivity index (χ4n) is 2.65. The Labute approximate surface area is 105 Å². The van der Waals surface area contributed by atoms with E-state index in [2.05, 4.69) is 6.07 Å². The summed E-state index contributed by atoms with van der Waals surface area (Å²) in [6, 6.07) is 14.5. The number of Topliss-reactive ketones (excluding diaryl/α,β-unsaturated/α-hetero) is 1. The molecule has 2 aromatic carbocycles. The second-order valence-electron chi connectivity index (χ2n) is 4.72. The summed E-state index contributed by atoms with van der Waals surface area (Å²) in [5.41, 5.74) is 3.31. The molecule has 0 radical (unpaired) electrons. The van der Waals surface area contributed by atoms with Crippen LogP contribution in [0.1, 0.15) is 29.0 Å². The van der Waals surface area contributed by atoms with Gasteiger partial charge in [-0.15, -0.1) is 0 Å². The minimum atomic E-state index is -0.242. The Bertz CT molecular complexity index is 586. The first kappa shape index (κ1) is 11.1. The Morgan fingerprint density at radius 2 is 1.72 bits per heavy atom. The number of fused-ring (bicyclic) bond motifs is 1. The molecule has 0 fully saturated rings. The molecule has 2 aromatic rings. The van der Waals surface area contributed by atoms with Gasteiger partial charge in [-0.2, -0.15) is 0 Å². The summed E-state index contributed by atoms with van der Waals surface area (Å²) in [5.74, 6) is 0.0836. The molecule has 3 rings (SSSR count). The van der Waals surface area contributed by atoms with Crippen molar-refractivity contribution in [2.75, 3.05) is 0 Å². The summed E-state index contributed by atoms with van der Waals surface area (Å²) in [7, 11) is 0. The van der Waals surface area contributed by atoms with E-state index < -0.39 is 0 Å². The molecule has 0 saturated carbocycles. The van der Waals surface area contributed by atoms with Gasteiger partial charge in [0.2, 0.25) is 0 Å². The van der Waals surface area contributed by atoms with E-state index in [4.69, 9.17) is 0 Å².